The zero-order valence-corrected chi connectivity index (χ0v) is 21.3. The molecular weight excluding hydrogens is 468 g/mol. The van der Waals surface area contributed by atoms with Crippen LogP contribution in [0.2, 0.25) is 5.02 Å². The highest BCUT2D eigenvalue weighted by Crippen LogP contribution is 2.47. The number of morpholine rings is 1. The summed E-state index contributed by atoms with van der Waals surface area (Å²) in [5.74, 6) is 1.57. The number of tetrazole rings is 1. The first-order valence-corrected chi connectivity index (χ1v) is 12.6. The number of ether oxygens (including phenoxy) is 2. The number of aromatic nitrogens is 7. The predicted molar refractivity (Wildman–Crippen MR) is 130 cm³/mol. The zero-order chi connectivity index (χ0) is 24.5. The van der Waals surface area contributed by atoms with Gasteiger partial charge in [-0.05, 0) is 52.9 Å². The molecule has 2 aromatic heterocycles. The first-order chi connectivity index (χ1) is 16.9. The van der Waals surface area contributed by atoms with Crippen LogP contribution in [0, 0.1) is 5.41 Å². The van der Waals surface area contributed by atoms with Gasteiger partial charge in [-0.25, -0.2) is 14.3 Å². The van der Waals surface area contributed by atoms with Crippen LogP contribution >= 0.6 is 11.6 Å². The summed E-state index contributed by atoms with van der Waals surface area (Å²) >= 11 is 6.12. The predicted octanol–water partition coefficient (Wildman–Crippen LogP) is 3.88. The number of rotatable bonds is 7. The Morgan fingerprint density at radius 2 is 1.80 bits per heavy atom. The van der Waals surface area contributed by atoms with Crippen LogP contribution in [0.3, 0.4) is 0 Å². The third-order valence-electron chi connectivity index (χ3n) is 7.14. The van der Waals surface area contributed by atoms with E-state index >= 15 is 0 Å². The Balaban J connectivity index is 1.59. The normalized spacial score (nSPS) is 20.6. The summed E-state index contributed by atoms with van der Waals surface area (Å²) in [6, 6.07) is 7.08. The van der Waals surface area contributed by atoms with E-state index in [9.17, 15) is 0 Å². The molecule has 10 nitrogen and oxygen atoms in total. The molecule has 0 N–H and O–H groups in total. The van der Waals surface area contributed by atoms with Gasteiger partial charge in [-0.2, -0.15) is 5.10 Å². The van der Waals surface area contributed by atoms with Gasteiger partial charge in [-0.3, -0.25) is 4.90 Å². The summed E-state index contributed by atoms with van der Waals surface area (Å²) in [4.78, 5) is 6.72. The molecule has 188 valence electrons. The lowest BCUT2D eigenvalue weighted by Crippen LogP contribution is -2.52. The second-order valence-electron chi connectivity index (χ2n) is 10.4. The van der Waals surface area contributed by atoms with E-state index in [1.165, 1.54) is 6.33 Å². The fourth-order valence-corrected chi connectivity index (χ4v) is 5.63. The SMILES string of the molecule is CC(C)(C)[C@@H]([C@H](Oc1ccc(Cl)cc1)n1cncn1)n1nnnc1C1(N2CCOCC2)CCCC1. The third-order valence-corrected chi connectivity index (χ3v) is 7.40. The maximum Gasteiger partial charge on any atom is 0.215 e. The van der Waals surface area contributed by atoms with Crippen molar-refractivity contribution in [2.24, 2.45) is 5.41 Å². The van der Waals surface area contributed by atoms with Gasteiger partial charge in [0.15, 0.2) is 5.82 Å². The number of halogens is 1. The number of hydrogen-bond donors (Lipinski definition) is 0. The summed E-state index contributed by atoms with van der Waals surface area (Å²) < 4.78 is 16.0. The molecule has 0 amide bonds. The van der Waals surface area contributed by atoms with Crippen LogP contribution < -0.4 is 4.74 Å². The van der Waals surface area contributed by atoms with Crippen LogP contribution in [0.15, 0.2) is 36.9 Å². The van der Waals surface area contributed by atoms with Gasteiger partial charge in [0, 0.05) is 18.1 Å². The highest BCUT2D eigenvalue weighted by molar-refractivity contribution is 6.30. The lowest BCUT2D eigenvalue weighted by Gasteiger charge is -2.44. The van der Waals surface area contributed by atoms with Crippen LogP contribution in [0.5, 0.6) is 5.75 Å². The highest BCUT2D eigenvalue weighted by Gasteiger charge is 2.49. The second kappa shape index (κ2) is 9.83. The van der Waals surface area contributed by atoms with E-state index in [1.54, 1.807) is 11.0 Å². The van der Waals surface area contributed by atoms with Crippen molar-refractivity contribution >= 4 is 11.6 Å². The van der Waals surface area contributed by atoms with E-state index in [2.05, 4.69) is 51.3 Å². The van der Waals surface area contributed by atoms with Crippen molar-refractivity contribution in [1.82, 2.24) is 39.9 Å². The molecule has 1 aliphatic heterocycles. The quantitative estimate of drug-likeness (QED) is 0.482. The van der Waals surface area contributed by atoms with E-state index < -0.39 is 6.23 Å². The average Bonchev–Trinajstić information content (AvgIpc) is 3.62. The number of hydrogen-bond acceptors (Lipinski definition) is 8. The zero-order valence-electron chi connectivity index (χ0n) is 20.5. The molecule has 0 unspecified atom stereocenters. The van der Waals surface area contributed by atoms with Gasteiger partial charge >= 0.3 is 0 Å². The largest absolute Gasteiger partial charge is 0.466 e. The van der Waals surface area contributed by atoms with Gasteiger partial charge in [-0.15, -0.1) is 5.10 Å². The fourth-order valence-electron chi connectivity index (χ4n) is 5.50. The molecule has 2 atom stereocenters. The van der Waals surface area contributed by atoms with E-state index in [0.717, 1.165) is 57.8 Å². The Labute approximate surface area is 210 Å². The molecule has 1 saturated heterocycles. The molecule has 1 aliphatic carbocycles. The van der Waals surface area contributed by atoms with Crippen molar-refractivity contribution in [2.75, 3.05) is 26.3 Å². The minimum atomic E-state index is -0.538. The maximum atomic E-state index is 6.57. The standard InChI is InChI=1S/C24H33ClN8O2/c1-23(2,3)20(21(32-17-26-16-27-32)35-19-8-6-18(25)7-9-19)33-22(28-29-30-33)24(10-4-5-11-24)31-12-14-34-15-13-31/h6-9,16-17,20-21H,4-5,10-15H2,1-3H3/t20-,21+/m1/s1. The fraction of sp³-hybridized carbons (Fsp3) is 0.625. The lowest BCUT2D eigenvalue weighted by atomic mass is 9.84. The minimum Gasteiger partial charge on any atom is -0.466 e. The van der Waals surface area contributed by atoms with Crippen LogP contribution in [0.4, 0.5) is 0 Å². The average molecular weight is 501 g/mol. The van der Waals surface area contributed by atoms with Crippen molar-refractivity contribution in [3.63, 3.8) is 0 Å². The van der Waals surface area contributed by atoms with Gasteiger partial charge in [0.05, 0.1) is 18.8 Å². The van der Waals surface area contributed by atoms with Crippen molar-refractivity contribution in [2.45, 2.75) is 64.3 Å². The van der Waals surface area contributed by atoms with Crippen molar-refractivity contribution in [3.05, 3.63) is 47.8 Å². The molecule has 3 aromatic rings. The van der Waals surface area contributed by atoms with Crippen LogP contribution in [-0.4, -0.2) is 66.2 Å². The monoisotopic (exact) mass is 500 g/mol. The molecule has 1 aromatic carbocycles. The molecule has 2 aliphatic rings. The Morgan fingerprint density at radius 1 is 1.09 bits per heavy atom. The van der Waals surface area contributed by atoms with Crippen LogP contribution in [-0.2, 0) is 10.3 Å². The summed E-state index contributed by atoms with van der Waals surface area (Å²) in [6.45, 7) is 9.74. The molecule has 2 fully saturated rings. The van der Waals surface area contributed by atoms with Gasteiger partial charge in [0.25, 0.3) is 0 Å². The number of benzene rings is 1. The number of nitrogens with zero attached hydrogens (tertiary/aromatic N) is 8. The highest BCUT2D eigenvalue weighted by atomic mass is 35.5. The molecule has 35 heavy (non-hydrogen) atoms. The van der Waals surface area contributed by atoms with Crippen LogP contribution in [0.1, 0.15) is 64.5 Å². The molecular formula is C24H33ClN8O2. The Kier molecular flexibility index (Phi) is 6.78. The molecule has 0 bridgehead atoms. The molecule has 0 spiro atoms. The topological polar surface area (TPSA) is 96.0 Å². The first-order valence-electron chi connectivity index (χ1n) is 12.3. The Bertz CT molecular complexity index is 1080. The maximum absolute atomic E-state index is 6.57. The van der Waals surface area contributed by atoms with Gasteiger partial charge < -0.3 is 9.47 Å². The second-order valence-corrected chi connectivity index (χ2v) is 10.9. The molecule has 3 heterocycles. The summed E-state index contributed by atoms with van der Waals surface area (Å²) in [5.41, 5.74) is -0.498. The van der Waals surface area contributed by atoms with Crippen molar-refractivity contribution in [1.29, 1.82) is 0 Å². The van der Waals surface area contributed by atoms with E-state index in [0.29, 0.717) is 10.8 Å². The molecule has 11 heteroatoms. The molecule has 1 saturated carbocycles. The minimum absolute atomic E-state index is 0.218. The van der Waals surface area contributed by atoms with E-state index in [4.69, 9.17) is 21.1 Å². The van der Waals surface area contributed by atoms with Crippen LogP contribution in [0.25, 0.3) is 0 Å². The molecule has 0 radical (unpaired) electrons. The summed E-state index contributed by atoms with van der Waals surface area (Å²) in [6.07, 6.45) is 7.01. The first kappa shape index (κ1) is 24.1. The Hall–Kier alpha value is -2.56. The van der Waals surface area contributed by atoms with Gasteiger partial charge in [-0.1, -0.05) is 45.2 Å². The molecule has 5 rings (SSSR count). The van der Waals surface area contributed by atoms with E-state index in [1.807, 2.05) is 28.9 Å². The smallest absolute Gasteiger partial charge is 0.215 e. The van der Waals surface area contributed by atoms with Crippen molar-refractivity contribution in [3.8, 4) is 5.75 Å². The van der Waals surface area contributed by atoms with Gasteiger partial charge in [0.1, 0.15) is 24.4 Å². The van der Waals surface area contributed by atoms with Gasteiger partial charge in [0.2, 0.25) is 6.23 Å². The van der Waals surface area contributed by atoms with Crippen molar-refractivity contribution < 1.29 is 9.47 Å². The summed E-state index contributed by atoms with van der Waals surface area (Å²) in [5, 5.41) is 18.6. The van der Waals surface area contributed by atoms with E-state index in [-0.39, 0.29) is 17.0 Å². The third kappa shape index (κ3) is 4.79. The summed E-state index contributed by atoms with van der Waals surface area (Å²) in [7, 11) is 0. The lowest BCUT2D eigenvalue weighted by molar-refractivity contribution is -0.0381. The Morgan fingerprint density at radius 3 is 2.43 bits per heavy atom.